The van der Waals surface area contributed by atoms with Crippen molar-refractivity contribution in [3.05, 3.63) is 262 Å². The summed E-state index contributed by atoms with van der Waals surface area (Å²) in [5, 5.41) is 185. The van der Waals surface area contributed by atoms with Crippen molar-refractivity contribution in [1.29, 1.82) is 10.5 Å². The lowest BCUT2D eigenvalue weighted by Crippen LogP contribution is -2.37. The van der Waals surface area contributed by atoms with E-state index in [0.717, 1.165) is 93.6 Å². The van der Waals surface area contributed by atoms with Gasteiger partial charge in [-0.1, -0.05) is 20.1 Å². The molecule has 0 saturated heterocycles. The van der Waals surface area contributed by atoms with Crippen LogP contribution in [0.4, 0.5) is 56.9 Å². The molecule has 0 unspecified atom stereocenters. The number of carboxylic acids is 8. The zero-order valence-corrected chi connectivity index (χ0v) is 65.1. The summed E-state index contributed by atoms with van der Waals surface area (Å²) >= 11 is 0. The number of benzene rings is 5. The number of nitriles is 2. The van der Waals surface area contributed by atoms with Crippen LogP contribution in [0.1, 0.15) is 165 Å². The SMILES string of the molecule is [C-]#[N+]c1c(C)c(N=Nc2cc(C(=O)O)ccc2C(=O)O)c(O)n(CCNC(=O)c2cc(C(=O)NC(=C)n3c(O)c(N=Nc4cc(C(=O)O)ccc4C(=O)O)c(C)c(C#N)c3=O)c(C(=O)NCCn3c(O)c(N=Nc4cc(C(=O)O)ccc4C(=O)O)c(CC)c(C#N)c3=O)cc2C(=O)NC(=C)n2c(O)c(N=Nc3cc(C(=O)O)ccc3C(=O)O)c(C)c([N+]#[C-])c2=O)c1=O. The molecule has 127 heavy (non-hydrogen) atoms. The highest BCUT2D eigenvalue weighted by Gasteiger charge is 2.33. The van der Waals surface area contributed by atoms with Crippen molar-refractivity contribution in [2.24, 2.45) is 40.9 Å². The van der Waals surface area contributed by atoms with Crippen LogP contribution in [0.25, 0.3) is 21.3 Å². The Bertz CT molecular complexity index is 7060. The quantitative estimate of drug-likeness (QED) is 0.0142. The first-order valence-corrected chi connectivity index (χ1v) is 35.3. The fourth-order valence-electron chi connectivity index (χ4n) is 12.0. The molecule has 640 valence electrons. The smallest absolute Gasteiger partial charge is 0.337 e. The van der Waals surface area contributed by atoms with E-state index >= 15 is 19.2 Å². The Labute approximate surface area is 705 Å². The van der Waals surface area contributed by atoms with Gasteiger partial charge in [0.1, 0.15) is 69.0 Å². The highest BCUT2D eigenvalue weighted by Crippen LogP contribution is 2.41. The van der Waals surface area contributed by atoms with Crippen molar-refractivity contribution in [2.75, 3.05) is 13.1 Å². The molecule has 4 amide bonds. The molecule has 0 bridgehead atoms. The van der Waals surface area contributed by atoms with Gasteiger partial charge < -0.3 is 82.5 Å². The zero-order valence-electron chi connectivity index (χ0n) is 65.1. The van der Waals surface area contributed by atoms with Crippen molar-refractivity contribution in [2.45, 2.75) is 47.2 Å². The number of carbonyl (C=O) groups is 12. The number of aromatic hydroxyl groups is 4. The molecule has 0 radical (unpaired) electrons. The molecular weight excluding hydrogens is 1680 g/mol. The van der Waals surface area contributed by atoms with Gasteiger partial charge in [-0.15, -0.1) is 40.9 Å². The molecule has 4 aromatic heterocycles. The van der Waals surface area contributed by atoms with Crippen molar-refractivity contribution in [3.8, 4) is 35.7 Å². The molecule has 16 N–H and O–H groups in total. The summed E-state index contributed by atoms with van der Waals surface area (Å²) in [5.41, 5.74) is -25.9. The highest BCUT2D eigenvalue weighted by atomic mass is 16.4. The van der Waals surface area contributed by atoms with Crippen molar-refractivity contribution >= 4 is 140 Å². The summed E-state index contributed by atoms with van der Waals surface area (Å²) in [6.45, 7) is 23.7. The number of pyridine rings is 4. The van der Waals surface area contributed by atoms with Crippen LogP contribution in [0, 0.1) is 56.6 Å². The Balaban J connectivity index is 1.24. The molecular formula is C79H56N20O28. The van der Waals surface area contributed by atoms with Crippen molar-refractivity contribution in [3.63, 3.8) is 0 Å². The van der Waals surface area contributed by atoms with Crippen LogP contribution < -0.4 is 43.5 Å². The Morgan fingerprint density at radius 2 is 0.685 bits per heavy atom. The number of hydrogen-bond donors (Lipinski definition) is 16. The number of nitrogens with one attached hydrogen (secondary N) is 4. The minimum Gasteiger partial charge on any atom is -0.493 e. The van der Waals surface area contributed by atoms with E-state index in [1.807, 2.05) is 0 Å². The van der Waals surface area contributed by atoms with Gasteiger partial charge in [0.2, 0.25) is 23.5 Å². The summed E-state index contributed by atoms with van der Waals surface area (Å²) in [7, 11) is 0. The average molecular weight is 1730 g/mol. The van der Waals surface area contributed by atoms with E-state index in [9.17, 15) is 129 Å². The monoisotopic (exact) mass is 1730 g/mol. The number of rotatable bonds is 31. The van der Waals surface area contributed by atoms with Gasteiger partial charge in [0.05, 0.1) is 79.9 Å². The van der Waals surface area contributed by atoms with Gasteiger partial charge in [0.25, 0.3) is 57.2 Å². The van der Waals surface area contributed by atoms with Gasteiger partial charge in [0.15, 0.2) is 11.4 Å². The van der Waals surface area contributed by atoms with E-state index in [0.29, 0.717) is 21.3 Å². The number of carboxylic acid groups (broad SMARTS) is 8. The molecule has 48 nitrogen and oxygen atoms in total. The number of carbonyl (C=O) groups excluding carboxylic acids is 4. The molecule has 0 spiro atoms. The molecule has 0 atom stereocenters. The normalized spacial score (nSPS) is 11.0. The second kappa shape index (κ2) is 37.7. The standard InChI is InChI=1S/C79H56N20O28/c1-9-39-49(29-81)64(104)96(68(108)59(39)95-91-53-25-38(75(118)119)13-17-43(53)79(126)127)20-18-84-60(100)44-27-47(63(103)87-34(6)99-69(109)55(83-8)32(4)58(71(99)111)94-90-52-24-37(74(116)117)12-16-42(52)78(124)125)45(61(101)85-19-21-97-66(106)54(82-7)31(3)57(67(97)107)93-89-51-23-36(73(114)115)11-15-41(51)77(122)123)26-46(44)62(102)86-33(5)98-65(105)48(28-80)30(2)56(70(98)110)92-88-50-22-35(72(112)113)10-14-40(50)76(120)121/h10-17,22-27,107-108,110-111H,5-6,9,18-21H2,1-4H3,(H,84,100)(H,85,101)(H,86,102)(H,87,103)(H,112,113)(H,114,115)(H,116,117)(H,118,119)(H,120,121)(H,122,123)(H,124,125)(H,126,127). The van der Waals surface area contributed by atoms with Gasteiger partial charge >= 0.3 is 47.8 Å². The lowest BCUT2D eigenvalue weighted by atomic mass is 9.95. The molecule has 4 heterocycles. The first-order chi connectivity index (χ1) is 60.0. The van der Waals surface area contributed by atoms with Crippen molar-refractivity contribution in [1.82, 2.24) is 39.5 Å². The van der Waals surface area contributed by atoms with Gasteiger partial charge in [0, 0.05) is 37.3 Å². The number of azo groups is 4. The minimum atomic E-state index is -1.76. The van der Waals surface area contributed by atoms with Crippen LogP contribution >= 0.6 is 0 Å². The van der Waals surface area contributed by atoms with Gasteiger partial charge in [-0.2, -0.15) is 10.5 Å². The van der Waals surface area contributed by atoms with E-state index in [-0.39, 0.29) is 21.1 Å². The summed E-state index contributed by atoms with van der Waals surface area (Å²) < 4.78 is 0.986. The number of nitrogens with zero attached hydrogens (tertiary/aromatic N) is 16. The summed E-state index contributed by atoms with van der Waals surface area (Å²) in [5.74, 6) is -27.0. The van der Waals surface area contributed by atoms with Crippen LogP contribution in [0.15, 0.2) is 158 Å². The molecule has 9 aromatic rings. The van der Waals surface area contributed by atoms with E-state index in [4.69, 9.17) is 13.1 Å². The molecule has 48 heteroatoms. The Hall–Kier alpha value is -19.4. The van der Waals surface area contributed by atoms with Gasteiger partial charge in [-0.3, -0.25) is 47.5 Å². The lowest BCUT2D eigenvalue weighted by Gasteiger charge is -2.20. The van der Waals surface area contributed by atoms with E-state index in [2.05, 4.69) is 85.0 Å². The average Bonchev–Trinajstić information content (AvgIpc) is 0.781. The van der Waals surface area contributed by atoms with Crippen LogP contribution in [-0.2, 0) is 19.5 Å². The number of hydrogen-bond acceptors (Lipinski definition) is 30. The molecule has 9 rings (SSSR count). The van der Waals surface area contributed by atoms with Crippen molar-refractivity contribution < 1.29 is 119 Å². The first kappa shape index (κ1) is 91.5. The summed E-state index contributed by atoms with van der Waals surface area (Å²) in [6.07, 6.45) is -0.288. The summed E-state index contributed by atoms with van der Waals surface area (Å²) in [6, 6.07) is 14.0. The first-order valence-electron chi connectivity index (χ1n) is 35.3. The Morgan fingerprint density at radius 1 is 0.386 bits per heavy atom. The maximum atomic E-state index is 15.4. The van der Waals surface area contributed by atoms with Crippen LogP contribution in [0.5, 0.6) is 23.5 Å². The van der Waals surface area contributed by atoms with Crippen LogP contribution in [0.3, 0.4) is 0 Å². The fourth-order valence-corrected chi connectivity index (χ4v) is 12.0. The minimum absolute atomic E-state index is 0.0809. The molecule has 0 aliphatic heterocycles. The van der Waals surface area contributed by atoms with E-state index in [1.54, 1.807) is 6.07 Å². The highest BCUT2D eigenvalue weighted by molar-refractivity contribution is 6.16. The molecule has 0 fully saturated rings. The second-order valence-electron chi connectivity index (χ2n) is 25.9. The zero-order chi connectivity index (χ0) is 93.9. The molecule has 5 aromatic carbocycles. The third-order valence-corrected chi connectivity index (χ3v) is 18.4. The van der Waals surface area contributed by atoms with E-state index in [1.165, 1.54) is 13.0 Å². The molecule has 0 aliphatic carbocycles. The third-order valence-electron chi connectivity index (χ3n) is 18.4. The fraction of sp³-hybridized carbons (Fsp3) is 0.114. The topological polar surface area (TPSA) is 739 Å². The predicted octanol–water partition coefficient (Wildman–Crippen LogP) is 9.31. The van der Waals surface area contributed by atoms with Crippen LogP contribution in [-0.4, -0.2) is 164 Å². The number of aromatic carboxylic acids is 8. The Morgan fingerprint density at radius 3 is 1.01 bits per heavy atom. The van der Waals surface area contributed by atoms with Crippen LogP contribution in [0.2, 0.25) is 0 Å². The van der Waals surface area contributed by atoms with E-state index < -0.39 is 306 Å². The van der Waals surface area contributed by atoms with Gasteiger partial charge in [-0.25, -0.2) is 57.2 Å². The maximum absolute atomic E-state index is 15.4. The number of aromatic nitrogens is 4. The molecule has 0 aliphatic rings. The second-order valence-corrected chi connectivity index (χ2v) is 25.9. The third kappa shape index (κ3) is 18.6. The largest absolute Gasteiger partial charge is 0.493 e. The maximum Gasteiger partial charge on any atom is 0.337 e. The predicted molar refractivity (Wildman–Crippen MR) is 430 cm³/mol. The lowest BCUT2D eigenvalue weighted by molar-refractivity contribution is 0.0682. The van der Waals surface area contributed by atoms with Gasteiger partial charge in [-0.05, 0) is 123 Å². The molecule has 0 saturated carbocycles. The Kier molecular flexibility index (Phi) is 27.1. The summed E-state index contributed by atoms with van der Waals surface area (Å²) in [4.78, 5) is 221. The number of amides is 4.